The van der Waals surface area contributed by atoms with Crippen molar-refractivity contribution in [3.05, 3.63) is 66.1 Å². The van der Waals surface area contributed by atoms with E-state index in [-0.39, 0.29) is 18.1 Å². The summed E-state index contributed by atoms with van der Waals surface area (Å²) in [5.74, 6) is -0.129. The maximum Gasteiger partial charge on any atom is 0.256 e. The summed E-state index contributed by atoms with van der Waals surface area (Å²) in [4.78, 5) is 16.6. The number of amides is 1. The molecule has 1 aromatic carbocycles. The van der Waals surface area contributed by atoms with Gasteiger partial charge in [-0.2, -0.15) is 5.10 Å². The lowest BCUT2D eigenvalue weighted by atomic mass is 9.89. The van der Waals surface area contributed by atoms with Gasteiger partial charge in [0.15, 0.2) is 5.65 Å². The molecule has 0 spiro atoms. The summed E-state index contributed by atoms with van der Waals surface area (Å²) in [6.07, 6.45) is 6.87. The van der Waals surface area contributed by atoms with E-state index < -0.39 is 0 Å². The summed E-state index contributed by atoms with van der Waals surface area (Å²) >= 11 is 0. The van der Waals surface area contributed by atoms with Gasteiger partial charge in [0.1, 0.15) is 5.56 Å². The molecule has 122 valence electrons. The lowest BCUT2D eigenvalue weighted by Crippen LogP contribution is -2.47. The van der Waals surface area contributed by atoms with Crippen LogP contribution in [0, 0.1) is 0 Å². The monoisotopic (exact) mass is 322 g/mol. The number of nitrogens with zero attached hydrogens (tertiary/aromatic N) is 3. The van der Waals surface area contributed by atoms with Gasteiger partial charge in [-0.25, -0.2) is 9.50 Å². The molecule has 0 radical (unpaired) electrons. The van der Waals surface area contributed by atoms with Crippen molar-refractivity contribution in [2.75, 3.05) is 0 Å². The third-order valence-corrected chi connectivity index (χ3v) is 4.28. The van der Waals surface area contributed by atoms with Crippen LogP contribution in [-0.2, 0) is 11.3 Å². The zero-order valence-electron chi connectivity index (χ0n) is 13.1. The van der Waals surface area contributed by atoms with E-state index in [0.29, 0.717) is 17.8 Å². The Balaban J connectivity index is 1.28. The molecule has 1 aliphatic rings. The van der Waals surface area contributed by atoms with Crippen LogP contribution < -0.4 is 5.32 Å². The lowest BCUT2D eigenvalue weighted by molar-refractivity contribution is -0.0251. The Hall–Kier alpha value is -2.73. The second kappa shape index (κ2) is 6.41. The fourth-order valence-electron chi connectivity index (χ4n) is 2.86. The standard InChI is InChI=1S/C18H18N4O2/c23-18(16-11-20-22-8-4-7-19-17(16)22)21-14-9-15(10-14)24-12-13-5-2-1-3-6-13/h1-8,11,14-15H,9-10,12H2,(H,21,23). The molecular weight excluding hydrogens is 304 g/mol. The van der Waals surface area contributed by atoms with Crippen molar-refractivity contribution in [1.29, 1.82) is 0 Å². The number of fused-ring (bicyclic) bond motifs is 1. The molecule has 6 heteroatoms. The number of hydrogen-bond donors (Lipinski definition) is 1. The van der Waals surface area contributed by atoms with Crippen molar-refractivity contribution >= 4 is 11.6 Å². The molecule has 6 nitrogen and oxygen atoms in total. The second-order valence-electron chi connectivity index (χ2n) is 6.01. The smallest absolute Gasteiger partial charge is 0.256 e. The van der Waals surface area contributed by atoms with E-state index in [0.717, 1.165) is 12.8 Å². The van der Waals surface area contributed by atoms with Crippen molar-refractivity contribution < 1.29 is 9.53 Å². The van der Waals surface area contributed by atoms with Gasteiger partial charge >= 0.3 is 0 Å². The summed E-state index contributed by atoms with van der Waals surface area (Å²) in [6.45, 7) is 0.615. The molecule has 0 unspecified atom stereocenters. The highest BCUT2D eigenvalue weighted by Gasteiger charge is 2.31. The molecule has 3 aromatic rings. The van der Waals surface area contributed by atoms with Gasteiger partial charge in [-0.1, -0.05) is 30.3 Å². The van der Waals surface area contributed by atoms with E-state index in [1.54, 1.807) is 29.2 Å². The SMILES string of the molecule is O=C(NC1CC(OCc2ccccc2)C1)c1cnn2cccnc12. The molecule has 4 rings (SSSR count). The number of nitrogens with one attached hydrogen (secondary N) is 1. The average molecular weight is 322 g/mol. The Morgan fingerprint density at radius 3 is 2.92 bits per heavy atom. The number of aromatic nitrogens is 3. The molecule has 1 saturated carbocycles. The fourth-order valence-corrected chi connectivity index (χ4v) is 2.86. The van der Waals surface area contributed by atoms with Gasteiger partial charge in [0.05, 0.1) is 18.9 Å². The van der Waals surface area contributed by atoms with Crippen LogP contribution in [0.15, 0.2) is 55.0 Å². The number of carbonyl (C=O) groups excluding carboxylic acids is 1. The largest absolute Gasteiger partial charge is 0.373 e. The molecule has 2 aromatic heterocycles. The number of carbonyl (C=O) groups is 1. The van der Waals surface area contributed by atoms with Gasteiger partial charge in [-0.3, -0.25) is 4.79 Å². The van der Waals surface area contributed by atoms with Crippen LogP contribution in [0.25, 0.3) is 5.65 Å². The van der Waals surface area contributed by atoms with Gasteiger partial charge in [0.2, 0.25) is 0 Å². The predicted octanol–water partition coefficient (Wildman–Crippen LogP) is 2.21. The summed E-state index contributed by atoms with van der Waals surface area (Å²) in [6, 6.07) is 12.0. The normalized spacial score (nSPS) is 19.8. The van der Waals surface area contributed by atoms with Crippen LogP contribution >= 0.6 is 0 Å². The molecule has 1 fully saturated rings. The van der Waals surface area contributed by atoms with Crippen molar-refractivity contribution in [2.45, 2.75) is 31.6 Å². The van der Waals surface area contributed by atoms with Crippen molar-refractivity contribution in [1.82, 2.24) is 19.9 Å². The van der Waals surface area contributed by atoms with E-state index >= 15 is 0 Å². The average Bonchev–Trinajstić information content (AvgIpc) is 3.01. The molecular formula is C18H18N4O2. The van der Waals surface area contributed by atoms with Crippen LogP contribution in [0.4, 0.5) is 0 Å². The highest BCUT2D eigenvalue weighted by atomic mass is 16.5. The van der Waals surface area contributed by atoms with Gasteiger partial charge in [0.25, 0.3) is 5.91 Å². The Bertz CT molecular complexity index is 840. The zero-order valence-corrected chi connectivity index (χ0v) is 13.1. The first kappa shape index (κ1) is 14.8. The Labute approximate surface area is 139 Å². The third-order valence-electron chi connectivity index (χ3n) is 4.28. The van der Waals surface area contributed by atoms with Crippen LogP contribution in [0.5, 0.6) is 0 Å². The zero-order chi connectivity index (χ0) is 16.4. The maximum atomic E-state index is 12.4. The van der Waals surface area contributed by atoms with Gasteiger partial charge < -0.3 is 10.1 Å². The van der Waals surface area contributed by atoms with E-state index in [4.69, 9.17) is 4.74 Å². The van der Waals surface area contributed by atoms with Crippen LogP contribution in [0.3, 0.4) is 0 Å². The first-order valence-electron chi connectivity index (χ1n) is 8.04. The van der Waals surface area contributed by atoms with Gasteiger partial charge in [-0.15, -0.1) is 0 Å². The quantitative estimate of drug-likeness (QED) is 0.782. The van der Waals surface area contributed by atoms with Gasteiger partial charge in [-0.05, 0) is 24.5 Å². The van der Waals surface area contributed by atoms with Crippen LogP contribution in [0.2, 0.25) is 0 Å². The molecule has 1 N–H and O–H groups in total. The fraction of sp³-hybridized carbons (Fsp3) is 0.278. The summed E-state index contributed by atoms with van der Waals surface area (Å²) in [5, 5.41) is 7.16. The third kappa shape index (κ3) is 3.00. The van der Waals surface area contributed by atoms with Crippen molar-refractivity contribution in [3.8, 4) is 0 Å². The lowest BCUT2D eigenvalue weighted by Gasteiger charge is -2.35. The minimum Gasteiger partial charge on any atom is -0.373 e. The topological polar surface area (TPSA) is 68.5 Å². The number of rotatable bonds is 5. The minimum atomic E-state index is -0.129. The Morgan fingerprint density at radius 2 is 2.08 bits per heavy atom. The minimum absolute atomic E-state index is 0.129. The molecule has 0 aliphatic heterocycles. The molecule has 0 atom stereocenters. The number of hydrogen-bond acceptors (Lipinski definition) is 4. The molecule has 0 bridgehead atoms. The highest BCUT2D eigenvalue weighted by molar-refractivity contribution is 5.99. The predicted molar refractivity (Wildman–Crippen MR) is 88.5 cm³/mol. The van der Waals surface area contributed by atoms with Crippen molar-refractivity contribution in [3.63, 3.8) is 0 Å². The molecule has 1 amide bonds. The number of ether oxygens (including phenoxy) is 1. The van der Waals surface area contributed by atoms with E-state index in [9.17, 15) is 4.79 Å². The Morgan fingerprint density at radius 1 is 1.25 bits per heavy atom. The Kier molecular flexibility index (Phi) is 3.96. The molecule has 2 heterocycles. The number of benzene rings is 1. The van der Waals surface area contributed by atoms with Crippen LogP contribution in [0.1, 0.15) is 28.8 Å². The molecule has 1 aliphatic carbocycles. The van der Waals surface area contributed by atoms with Crippen LogP contribution in [-0.4, -0.2) is 32.7 Å². The first-order chi connectivity index (χ1) is 11.8. The summed E-state index contributed by atoms with van der Waals surface area (Å²) < 4.78 is 7.46. The van der Waals surface area contributed by atoms with E-state index in [1.165, 1.54) is 5.56 Å². The maximum absolute atomic E-state index is 12.4. The van der Waals surface area contributed by atoms with E-state index in [2.05, 4.69) is 27.5 Å². The van der Waals surface area contributed by atoms with Gasteiger partial charge in [0, 0.05) is 18.4 Å². The van der Waals surface area contributed by atoms with Crippen molar-refractivity contribution in [2.24, 2.45) is 0 Å². The summed E-state index contributed by atoms with van der Waals surface area (Å²) in [5.41, 5.74) is 2.25. The first-order valence-corrected chi connectivity index (χ1v) is 8.04. The summed E-state index contributed by atoms with van der Waals surface area (Å²) in [7, 11) is 0. The van der Waals surface area contributed by atoms with E-state index in [1.807, 2.05) is 18.2 Å². The second-order valence-corrected chi connectivity index (χ2v) is 6.01. The molecule has 24 heavy (non-hydrogen) atoms. The molecule has 0 saturated heterocycles. The highest BCUT2D eigenvalue weighted by Crippen LogP contribution is 2.25.